The van der Waals surface area contributed by atoms with Crippen LogP contribution in [0.5, 0.6) is 0 Å². The lowest BCUT2D eigenvalue weighted by molar-refractivity contribution is 0.919. The number of nitrogens with one attached hydrogen (secondary N) is 2. The summed E-state index contributed by atoms with van der Waals surface area (Å²) in [7, 11) is 0. The van der Waals surface area contributed by atoms with Crippen LogP contribution in [-0.4, -0.2) is 16.1 Å². The van der Waals surface area contributed by atoms with Crippen LogP contribution >= 0.6 is 12.2 Å². The van der Waals surface area contributed by atoms with E-state index in [-0.39, 0.29) is 0 Å². The number of thiocarbonyl (C=S) groups is 1. The van der Waals surface area contributed by atoms with Gasteiger partial charge in [0.2, 0.25) is 0 Å². The summed E-state index contributed by atoms with van der Waals surface area (Å²) in [6, 6.07) is 4.38. The maximum atomic E-state index is 5.11. The van der Waals surface area contributed by atoms with Gasteiger partial charge in [-0.1, -0.05) is 0 Å². The summed E-state index contributed by atoms with van der Waals surface area (Å²) in [5.41, 5.74) is 0.980. The van der Waals surface area contributed by atoms with Gasteiger partial charge in [0, 0.05) is 24.1 Å². The van der Waals surface area contributed by atoms with E-state index in [0.29, 0.717) is 11.2 Å². The van der Waals surface area contributed by atoms with E-state index in [0.717, 1.165) is 5.69 Å². The van der Waals surface area contributed by atoms with Gasteiger partial charge in [0.15, 0.2) is 5.11 Å². The van der Waals surface area contributed by atoms with E-state index in [2.05, 4.69) is 15.6 Å². The van der Waals surface area contributed by atoms with Crippen LogP contribution < -0.4 is 10.6 Å². The quantitative estimate of drug-likeness (QED) is 0.698. The Bertz CT molecular complexity index is 295. The maximum Gasteiger partial charge on any atom is 0.170 e. The largest absolute Gasteiger partial charge is 0.360 e. The molecule has 0 radical (unpaired) electrons. The molecule has 0 spiro atoms. The molecule has 0 aliphatic heterocycles. The fraction of sp³-hybridized carbons (Fsp3) is 0.333. The summed E-state index contributed by atoms with van der Waals surface area (Å²) in [4.78, 5) is 3.92. The van der Waals surface area contributed by atoms with E-state index in [1.807, 2.05) is 12.1 Å². The van der Waals surface area contributed by atoms with Gasteiger partial charge in [0.1, 0.15) is 0 Å². The number of rotatable bonds is 2. The highest BCUT2D eigenvalue weighted by Gasteiger charge is 2.21. The first-order valence-electron chi connectivity index (χ1n) is 4.32. The predicted octanol–water partition coefficient (Wildman–Crippen LogP) is 1.53. The summed E-state index contributed by atoms with van der Waals surface area (Å²) < 4.78 is 0. The molecule has 68 valence electrons. The smallest absolute Gasteiger partial charge is 0.170 e. The number of anilines is 1. The normalized spacial score (nSPS) is 15.1. The lowest BCUT2D eigenvalue weighted by Crippen LogP contribution is -2.30. The van der Waals surface area contributed by atoms with Crippen LogP contribution in [0.4, 0.5) is 5.69 Å². The molecule has 2 N–H and O–H groups in total. The van der Waals surface area contributed by atoms with Crippen molar-refractivity contribution in [3.63, 3.8) is 0 Å². The van der Waals surface area contributed by atoms with Crippen molar-refractivity contribution in [2.24, 2.45) is 0 Å². The van der Waals surface area contributed by atoms with Gasteiger partial charge in [-0.3, -0.25) is 4.98 Å². The van der Waals surface area contributed by atoms with Gasteiger partial charge in [-0.05, 0) is 37.2 Å². The van der Waals surface area contributed by atoms with Crippen molar-refractivity contribution in [3.05, 3.63) is 24.5 Å². The second kappa shape index (κ2) is 3.70. The molecular formula is C9H11N3S. The monoisotopic (exact) mass is 193 g/mol. The van der Waals surface area contributed by atoms with Crippen LogP contribution in [0.3, 0.4) is 0 Å². The molecule has 1 fully saturated rings. The Kier molecular flexibility index (Phi) is 2.40. The van der Waals surface area contributed by atoms with E-state index < -0.39 is 0 Å². The average molecular weight is 193 g/mol. The summed E-state index contributed by atoms with van der Waals surface area (Å²) in [5.74, 6) is 0. The molecule has 0 unspecified atom stereocenters. The minimum atomic E-state index is 0.599. The Balaban J connectivity index is 1.86. The predicted molar refractivity (Wildman–Crippen MR) is 56.6 cm³/mol. The summed E-state index contributed by atoms with van der Waals surface area (Å²) in [6.07, 6.45) is 5.94. The zero-order valence-electron chi connectivity index (χ0n) is 7.16. The van der Waals surface area contributed by atoms with E-state index >= 15 is 0 Å². The molecule has 1 aliphatic rings. The van der Waals surface area contributed by atoms with Crippen LogP contribution in [0.15, 0.2) is 24.5 Å². The van der Waals surface area contributed by atoms with Crippen molar-refractivity contribution in [3.8, 4) is 0 Å². The van der Waals surface area contributed by atoms with Gasteiger partial charge in [-0.2, -0.15) is 0 Å². The fourth-order valence-electron chi connectivity index (χ4n) is 1.02. The Labute approximate surface area is 82.6 Å². The lowest BCUT2D eigenvalue weighted by Gasteiger charge is -2.08. The van der Waals surface area contributed by atoms with Crippen molar-refractivity contribution in [1.29, 1.82) is 0 Å². The molecule has 0 atom stereocenters. The van der Waals surface area contributed by atoms with E-state index in [1.54, 1.807) is 12.4 Å². The molecule has 4 heteroatoms. The highest BCUT2D eigenvalue weighted by molar-refractivity contribution is 7.80. The Morgan fingerprint density at radius 2 is 2.08 bits per heavy atom. The maximum absolute atomic E-state index is 5.11. The van der Waals surface area contributed by atoms with Crippen molar-refractivity contribution in [2.45, 2.75) is 18.9 Å². The van der Waals surface area contributed by atoms with Crippen LogP contribution in [0.2, 0.25) is 0 Å². The molecule has 2 rings (SSSR count). The molecule has 0 amide bonds. The molecule has 0 saturated heterocycles. The molecule has 3 nitrogen and oxygen atoms in total. The van der Waals surface area contributed by atoms with Crippen LogP contribution in [0.25, 0.3) is 0 Å². The van der Waals surface area contributed by atoms with E-state index in [4.69, 9.17) is 12.2 Å². The number of aromatic nitrogens is 1. The molecule has 1 aromatic rings. The lowest BCUT2D eigenvalue weighted by atomic mass is 10.4. The molecule has 0 bridgehead atoms. The first kappa shape index (κ1) is 8.44. The minimum Gasteiger partial charge on any atom is -0.360 e. The first-order chi connectivity index (χ1) is 6.34. The third-order valence-corrected chi connectivity index (χ3v) is 2.07. The van der Waals surface area contributed by atoms with Gasteiger partial charge in [-0.25, -0.2) is 0 Å². The van der Waals surface area contributed by atoms with Crippen molar-refractivity contribution >= 4 is 23.0 Å². The third kappa shape index (κ3) is 2.66. The first-order valence-corrected chi connectivity index (χ1v) is 4.73. The highest BCUT2D eigenvalue weighted by Crippen LogP contribution is 2.18. The average Bonchev–Trinajstić information content (AvgIpc) is 2.90. The number of hydrogen-bond donors (Lipinski definition) is 2. The van der Waals surface area contributed by atoms with Crippen LogP contribution in [0, 0.1) is 0 Å². The van der Waals surface area contributed by atoms with Crippen molar-refractivity contribution in [1.82, 2.24) is 10.3 Å². The minimum absolute atomic E-state index is 0.599. The second-order valence-corrected chi connectivity index (χ2v) is 3.52. The second-order valence-electron chi connectivity index (χ2n) is 3.11. The summed E-state index contributed by atoms with van der Waals surface area (Å²) in [5, 5.41) is 7.00. The van der Waals surface area contributed by atoms with Crippen LogP contribution in [0.1, 0.15) is 12.8 Å². The van der Waals surface area contributed by atoms with Crippen molar-refractivity contribution < 1.29 is 0 Å². The van der Waals surface area contributed by atoms with E-state index in [9.17, 15) is 0 Å². The molecule has 13 heavy (non-hydrogen) atoms. The molecule has 1 saturated carbocycles. The van der Waals surface area contributed by atoms with Gasteiger partial charge >= 0.3 is 0 Å². The zero-order chi connectivity index (χ0) is 9.10. The third-order valence-electron chi connectivity index (χ3n) is 1.85. The number of nitrogens with zero attached hydrogens (tertiary/aromatic N) is 1. The Morgan fingerprint density at radius 3 is 2.69 bits per heavy atom. The van der Waals surface area contributed by atoms with E-state index in [1.165, 1.54) is 12.8 Å². The van der Waals surface area contributed by atoms with Gasteiger partial charge in [0.05, 0.1) is 0 Å². The Hall–Kier alpha value is -1.16. The SMILES string of the molecule is S=C(Nc1ccncc1)NC1CC1. The molecule has 1 aromatic heterocycles. The molecule has 1 heterocycles. The van der Waals surface area contributed by atoms with Gasteiger partial charge in [-0.15, -0.1) is 0 Å². The van der Waals surface area contributed by atoms with Crippen molar-refractivity contribution in [2.75, 3.05) is 5.32 Å². The fourth-order valence-corrected chi connectivity index (χ4v) is 1.30. The molecule has 1 aliphatic carbocycles. The zero-order valence-corrected chi connectivity index (χ0v) is 7.97. The summed E-state index contributed by atoms with van der Waals surface area (Å²) in [6.45, 7) is 0. The molecule has 0 aromatic carbocycles. The molecular weight excluding hydrogens is 182 g/mol. The summed E-state index contributed by atoms with van der Waals surface area (Å²) >= 11 is 5.11. The number of hydrogen-bond acceptors (Lipinski definition) is 2. The standard InChI is InChI=1S/C9H11N3S/c13-9(11-7-1-2-7)12-8-3-5-10-6-4-8/h3-7H,1-2H2,(H2,10,11,12,13). The highest BCUT2D eigenvalue weighted by atomic mass is 32.1. The Morgan fingerprint density at radius 1 is 1.38 bits per heavy atom. The number of pyridine rings is 1. The van der Waals surface area contributed by atoms with Crippen LogP contribution in [-0.2, 0) is 0 Å². The van der Waals surface area contributed by atoms with Gasteiger partial charge < -0.3 is 10.6 Å². The topological polar surface area (TPSA) is 37.0 Å². The van der Waals surface area contributed by atoms with Gasteiger partial charge in [0.25, 0.3) is 0 Å².